The summed E-state index contributed by atoms with van der Waals surface area (Å²) in [5, 5.41) is -0.428. The van der Waals surface area contributed by atoms with Crippen LogP contribution in [0.4, 0.5) is 0 Å². The van der Waals surface area contributed by atoms with Gasteiger partial charge in [0.25, 0.3) is 0 Å². The van der Waals surface area contributed by atoms with Crippen LogP contribution < -0.4 is 9.47 Å². The molecule has 0 unspecified atom stereocenters. The molecule has 1 amide bonds. The number of hydrogen-bond donors (Lipinski definition) is 0. The third kappa shape index (κ3) is 3.56. The van der Waals surface area contributed by atoms with Crippen molar-refractivity contribution in [2.24, 2.45) is 5.92 Å². The van der Waals surface area contributed by atoms with Gasteiger partial charge in [0, 0.05) is 19.2 Å². The van der Waals surface area contributed by atoms with Crippen molar-refractivity contribution >= 4 is 21.8 Å². The Balaban J connectivity index is 1.55. The minimum atomic E-state index is -3.11. The number of likely N-dealkylation sites (tertiary alicyclic amines) is 1. The molecule has 1 aromatic carbocycles. The maximum absolute atomic E-state index is 12.1. The Hall–Kier alpha value is -2.02. The normalized spacial score (nSPS) is 17.5. The minimum absolute atomic E-state index is 0.102. The largest absolute Gasteiger partial charge is 0.454 e. The highest BCUT2D eigenvalue weighted by Gasteiger charge is 2.38. The van der Waals surface area contributed by atoms with E-state index in [1.807, 2.05) is 19.9 Å². The molecule has 0 atom stereocenters. The van der Waals surface area contributed by atoms with Gasteiger partial charge in [-0.05, 0) is 29.7 Å². The first-order chi connectivity index (χ1) is 11.3. The van der Waals surface area contributed by atoms with Crippen molar-refractivity contribution in [2.45, 2.75) is 19.1 Å². The Morgan fingerprint density at radius 1 is 1.29 bits per heavy atom. The number of benzene rings is 1. The molecule has 0 aliphatic carbocycles. The van der Waals surface area contributed by atoms with Crippen LogP contribution >= 0.6 is 0 Å². The van der Waals surface area contributed by atoms with Gasteiger partial charge in [0.15, 0.2) is 21.3 Å². The molecular formula is C17H21NO5S. The first kappa shape index (κ1) is 16.8. The van der Waals surface area contributed by atoms with Gasteiger partial charge < -0.3 is 14.4 Å². The predicted octanol–water partition coefficient (Wildman–Crippen LogP) is 1.71. The summed E-state index contributed by atoms with van der Waals surface area (Å²) in [5.74, 6) is 1.45. The van der Waals surface area contributed by atoms with Crippen molar-refractivity contribution in [3.8, 4) is 11.5 Å². The SMILES string of the molecule is CC(C)CS(=O)(=O)C1CN(C(=O)/C=C/c2ccc3c(c2)OCO3)C1. The molecule has 0 radical (unpaired) electrons. The van der Waals surface area contributed by atoms with Crippen LogP contribution in [0.1, 0.15) is 19.4 Å². The number of carbonyl (C=O) groups is 1. The number of fused-ring (bicyclic) bond motifs is 1. The molecule has 7 heteroatoms. The van der Waals surface area contributed by atoms with Crippen LogP contribution in [-0.2, 0) is 14.6 Å². The van der Waals surface area contributed by atoms with E-state index in [-0.39, 0.29) is 37.5 Å². The molecule has 6 nitrogen and oxygen atoms in total. The van der Waals surface area contributed by atoms with Gasteiger partial charge in [-0.2, -0.15) is 0 Å². The van der Waals surface area contributed by atoms with Gasteiger partial charge >= 0.3 is 0 Å². The maximum atomic E-state index is 12.1. The molecule has 0 saturated carbocycles. The molecule has 130 valence electrons. The second kappa shape index (κ2) is 6.47. The van der Waals surface area contributed by atoms with E-state index in [0.717, 1.165) is 5.56 Å². The van der Waals surface area contributed by atoms with Gasteiger partial charge in [-0.15, -0.1) is 0 Å². The zero-order valence-electron chi connectivity index (χ0n) is 13.8. The van der Waals surface area contributed by atoms with Crippen LogP contribution in [-0.4, -0.2) is 50.1 Å². The minimum Gasteiger partial charge on any atom is -0.454 e. The van der Waals surface area contributed by atoms with Crippen LogP contribution in [0.15, 0.2) is 24.3 Å². The zero-order chi connectivity index (χ0) is 17.3. The number of hydrogen-bond acceptors (Lipinski definition) is 5. The van der Waals surface area contributed by atoms with Crippen molar-refractivity contribution in [1.82, 2.24) is 4.90 Å². The van der Waals surface area contributed by atoms with Crippen LogP contribution in [0.25, 0.3) is 6.08 Å². The number of rotatable bonds is 5. The molecule has 2 aliphatic heterocycles. The lowest BCUT2D eigenvalue weighted by molar-refractivity contribution is -0.128. The van der Waals surface area contributed by atoms with Crippen LogP contribution in [0, 0.1) is 5.92 Å². The Kier molecular flexibility index (Phi) is 4.54. The lowest BCUT2D eigenvalue weighted by Crippen LogP contribution is -2.57. The Morgan fingerprint density at radius 2 is 2.00 bits per heavy atom. The van der Waals surface area contributed by atoms with Crippen molar-refractivity contribution in [3.05, 3.63) is 29.8 Å². The highest BCUT2D eigenvalue weighted by molar-refractivity contribution is 7.92. The third-order valence-corrected chi connectivity index (χ3v) is 6.49. The molecule has 0 aromatic heterocycles. The molecule has 2 aliphatic rings. The molecule has 0 N–H and O–H groups in total. The molecule has 2 heterocycles. The summed E-state index contributed by atoms with van der Waals surface area (Å²) in [7, 11) is -3.11. The average molecular weight is 351 g/mol. The summed E-state index contributed by atoms with van der Waals surface area (Å²) in [5.41, 5.74) is 0.831. The van der Waals surface area contributed by atoms with Crippen molar-refractivity contribution < 1.29 is 22.7 Å². The molecule has 1 saturated heterocycles. The second-order valence-corrected chi connectivity index (χ2v) is 8.86. The summed E-state index contributed by atoms with van der Waals surface area (Å²) < 4.78 is 34.7. The Morgan fingerprint density at radius 3 is 2.71 bits per heavy atom. The average Bonchev–Trinajstić information content (AvgIpc) is 2.89. The van der Waals surface area contributed by atoms with Crippen LogP contribution in [0.5, 0.6) is 11.5 Å². The lowest BCUT2D eigenvalue weighted by Gasteiger charge is -2.38. The van der Waals surface area contributed by atoms with E-state index in [2.05, 4.69) is 0 Å². The number of nitrogens with zero attached hydrogens (tertiary/aromatic N) is 1. The van der Waals surface area contributed by atoms with Gasteiger partial charge in [-0.25, -0.2) is 8.42 Å². The van der Waals surface area contributed by atoms with Gasteiger partial charge in [-0.1, -0.05) is 19.9 Å². The lowest BCUT2D eigenvalue weighted by atomic mass is 10.1. The molecular weight excluding hydrogens is 330 g/mol. The van der Waals surface area contributed by atoms with Crippen LogP contribution in [0.2, 0.25) is 0 Å². The monoisotopic (exact) mass is 351 g/mol. The standard InChI is InChI=1S/C17H21NO5S/c1-12(2)10-24(20,21)14-8-18(9-14)17(19)6-4-13-3-5-15-16(7-13)23-11-22-15/h3-7,12,14H,8-11H2,1-2H3/b6-4+. The predicted molar refractivity (Wildman–Crippen MR) is 90.6 cm³/mol. The Labute approximate surface area is 142 Å². The van der Waals surface area contributed by atoms with E-state index >= 15 is 0 Å². The highest BCUT2D eigenvalue weighted by atomic mass is 32.2. The molecule has 1 fully saturated rings. The first-order valence-electron chi connectivity index (χ1n) is 7.93. The second-order valence-electron chi connectivity index (χ2n) is 6.53. The number of carbonyl (C=O) groups excluding carboxylic acids is 1. The Bertz CT molecular complexity index is 763. The van der Waals surface area contributed by atoms with Gasteiger partial charge in [0.2, 0.25) is 12.7 Å². The molecule has 1 aromatic rings. The van der Waals surface area contributed by atoms with Gasteiger partial charge in [0.05, 0.1) is 11.0 Å². The summed E-state index contributed by atoms with van der Waals surface area (Å²) in [6.45, 7) is 4.53. The third-order valence-electron chi connectivity index (χ3n) is 4.05. The number of ether oxygens (including phenoxy) is 2. The number of sulfone groups is 1. The van der Waals surface area contributed by atoms with E-state index in [1.165, 1.54) is 6.08 Å². The molecule has 3 rings (SSSR count). The molecule has 24 heavy (non-hydrogen) atoms. The van der Waals surface area contributed by atoms with Crippen molar-refractivity contribution in [2.75, 3.05) is 25.6 Å². The fraction of sp³-hybridized carbons (Fsp3) is 0.471. The van der Waals surface area contributed by atoms with Gasteiger partial charge in [-0.3, -0.25) is 4.79 Å². The smallest absolute Gasteiger partial charge is 0.246 e. The zero-order valence-corrected chi connectivity index (χ0v) is 14.6. The summed E-state index contributed by atoms with van der Waals surface area (Å²) in [4.78, 5) is 13.7. The fourth-order valence-corrected chi connectivity index (χ4v) is 4.75. The first-order valence-corrected chi connectivity index (χ1v) is 9.65. The summed E-state index contributed by atoms with van der Waals surface area (Å²) in [6.07, 6.45) is 3.16. The maximum Gasteiger partial charge on any atom is 0.246 e. The van der Waals surface area contributed by atoms with Crippen molar-refractivity contribution in [1.29, 1.82) is 0 Å². The summed E-state index contributed by atoms with van der Waals surface area (Å²) in [6, 6.07) is 5.44. The van der Waals surface area contributed by atoms with E-state index in [9.17, 15) is 13.2 Å². The topological polar surface area (TPSA) is 72.9 Å². The van der Waals surface area contributed by atoms with Crippen molar-refractivity contribution in [3.63, 3.8) is 0 Å². The van der Waals surface area contributed by atoms with E-state index in [1.54, 1.807) is 23.1 Å². The summed E-state index contributed by atoms with van der Waals surface area (Å²) >= 11 is 0. The van der Waals surface area contributed by atoms with E-state index in [4.69, 9.17) is 9.47 Å². The molecule has 0 bridgehead atoms. The van der Waals surface area contributed by atoms with Crippen LogP contribution in [0.3, 0.4) is 0 Å². The quantitative estimate of drug-likeness (QED) is 0.755. The number of amides is 1. The van der Waals surface area contributed by atoms with E-state index < -0.39 is 15.1 Å². The van der Waals surface area contributed by atoms with E-state index in [0.29, 0.717) is 11.5 Å². The highest BCUT2D eigenvalue weighted by Crippen LogP contribution is 2.32. The van der Waals surface area contributed by atoms with Gasteiger partial charge in [0.1, 0.15) is 0 Å². The molecule has 0 spiro atoms. The fourth-order valence-electron chi connectivity index (χ4n) is 2.74.